The monoisotopic (exact) mass is 492 g/mol. The minimum absolute atomic E-state index is 0.169. The van der Waals surface area contributed by atoms with Crippen molar-refractivity contribution >= 4 is 51.3 Å². The molecule has 3 aromatic heterocycles. The van der Waals surface area contributed by atoms with E-state index in [0.717, 1.165) is 34.8 Å². The van der Waals surface area contributed by atoms with Gasteiger partial charge in [0.15, 0.2) is 11.0 Å². The third-order valence-electron chi connectivity index (χ3n) is 5.23. The zero-order valence-electron chi connectivity index (χ0n) is 19.2. The number of esters is 1. The average Bonchev–Trinajstić information content (AvgIpc) is 3.41. The van der Waals surface area contributed by atoms with Gasteiger partial charge in [-0.1, -0.05) is 25.6 Å². The predicted molar refractivity (Wildman–Crippen MR) is 132 cm³/mol. The minimum Gasteiger partial charge on any atom is -0.465 e. The maximum Gasteiger partial charge on any atom is 0.341 e. The highest BCUT2D eigenvalue weighted by atomic mass is 32.2. The Kier molecular flexibility index (Phi) is 8.13. The van der Waals surface area contributed by atoms with Gasteiger partial charge < -0.3 is 14.6 Å². The Bertz CT molecular complexity index is 1130. The van der Waals surface area contributed by atoms with Crippen LogP contribution in [0.5, 0.6) is 0 Å². The molecular formula is C22H28N4O3S3. The molecule has 0 saturated heterocycles. The summed E-state index contributed by atoms with van der Waals surface area (Å²) in [6.07, 6.45) is 1.63. The lowest BCUT2D eigenvalue weighted by atomic mass is 10.1. The first kappa shape index (κ1) is 24.5. The number of aromatic nitrogens is 3. The van der Waals surface area contributed by atoms with Crippen LogP contribution >= 0.6 is 34.4 Å². The van der Waals surface area contributed by atoms with Crippen LogP contribution < -0.4 is 5.32 Å². The van der Waals surface area contributed by atoms with E-state index < -0.39 is 5.97 Å². The van der Waals surface area contributed by atoms with Gasteiger partial charge in [-0.05, 0) is 44.7 Å². The average molecular weight is 493 g/mol. The highest BCUT2D eigenvalue weighted by Crippen LogP contribution is 2.35. The van der Waals surface area contributed by atoms with E-state index in [2.05, 4.69) is 46.2 Å². The molecule has 0 fully saturated rings. The number of thioether (sulfide) groups is 1. The van der Waals surface area contributed by atoms with Crippen LogP contribution in [0.25, 0.3) is 11.4 Å². The van der Waals surface area contributed by atoms with Crippen molar-refractivity contribution in [2.75, 3.05) is 18.2 Å². The molecule has 3 heterocycles. The van der Waals surface area contributed by atoms with Gasteiger partial charge in [0.1, 0.15) is 5.00 Å². The normalized spacial score (nSPS) is 11.1. The molecule has 32 heavy (non-hydrogen) atoms. The first-order valence-corrected chi connectivity index (χ1v) is 13.1. The Labute approximate surface area is 200 Å². The Hall–Kier alpha value is -2.17. The van der Waals surface area contributed by atoms with E-state index in [9.17, 15) is 9.59 Å². The number of rotatable bonds is 9. The second kappa shape index (κ2) is 10.6. The van der Waals surface area contributed by atoms with Gasteiger partial charge in [-0.25, -0.2) is 4.79 Å². The Balaban J connectivity index is 1.77. The van der Waals surface area contributed by atoms with Crippen molar-refractivity contribution in [2.24, 2.45) is 0 Å². The van der Waals surface area contributed by atoms with Gasteiger partial charge in [-0.15, -0.1) is 32.9 Å². The maximum absolute atomic E-state index is 12.7. The smallest absolute Gasteiger partial charge is 0.341 e. The van der Waals surface area contributed by atoms with Crippen molar-refractivity contribution in [3.63, 3.8) is 0 Å². The fourth-order valence-corrected chi connectivity index (χ4v) is 6.23. The van der Waals surface area contributed by atoms with Crippen LogP contribution in [-0.4, -0.2) is 39.5 Å². The third kappa shape index (κ3) is 4.92. The number of carbonyl (C=O) groups is 2. The summed E-state index contributed by atoms with van der Waals surface area (Å²) in [5.74, 6) is 0.385. The van der Waals surface area contributed by atoms with Gasteiger partial charge in [0.05, 0.1) is 18.4 Å². The summed E-state index contributed by atoms with van der Waals surface area (Å²) in [6.45, 7) is 11.0. The fraction of sp³-hybridized carbons (Fsp3) is 0.455. The number of hydrogen-bond donors (Lipinski definition) is 1. The van der Waals surface area contributed by atoms with Crippen LogP contribution in [0, 0.1) is 20.8 Å². The van der Waals surface area contributed by atoms with E-state index in [-0.39, 0.29) is 11.7 Å². The standard InChI is InChI=1S/C22H28N4O3S3/c1-7-9-26-19(16-10-30-13(4)12(16)3)24-25-22(26)31-11-17(27)23-20-18(21(28)29-6)15(8-2)14(5)32-20/h10H,7-9,11H2,1-6H3,(H,23,27). The zero-order chi connectivity index (χ0) is 23.4. The van der Waals surface area contributed by atoms with Crippen LogP contribution in [0.4, 0.5) is 5.00 Å². The quantitative estimate of drug-likeness (QED) is 0.314. The van der Waals surface area contributed by atoms with Gasteiger partial charge in [0.25, 0.3) is 0 Å². The third-order valence-corrected chi connectivity index (χ3v) is 8.27. The number of nitrogens with one attached hydrogen (secondary N) is 1. The van der Waals surface area contributed by atoms with Crippen molar-refractivity contribution in [2.45, 2.75) is 59.2 Å². The number of methoxy groups -OCH3 is 1. The molecule has 0 unspecified atom stereocenters. The van der Waals surface area contributed by atoms with E-state index in [1.54, 1.807) is 11.3 Å². The summed E-state index contributed by atoms with van der Waals surface area (Å²) in [6, 6.07) is 0. The van der Waals surface area contributed by atoms with Crippen molar-refractivity contribution in [3.05, 3.63) is 31.8 Å². The Morgan fingerprint density at radius 3 is 2.53 bits per heavy atom. The summed E-state index contributed by atoms with van der Waals surface area (Å²) < 4.78 is 7.01. The molecule has 0 atom stereocenters. The molecule has 3 rings (SSSR count). The first-order valence-electron chi connectivity index (χ1n) is 10.4. The largest absolute Gasteiger partial charge is 0.465 e. The van der Waals surface area contributed by atoms with Crippen LogP contribution in [0.15, 0.2) is 10.5 Å². The molecule has 0 aliphatic rings. The van der Waals surface area contributed by atoms with Crippen LogP contribution in [0.2, 0.25) is 0 Å². The first-order chi connectivity index (χ1) is 15.3. The van der Waals surface area contributed by atoms with Crippen molar-refractivity contribution in [3.8, 4) is 11.4 Å². The van der Waals surface area contributed by atoms with E-state index in [1.807, 2.05) is 13.8 Å². The van der Waals surface area contributed by atoms with E-state index >= 15 is 0 Å². The molecule has 0 spiro atoms. The molecule has 7 nitrogen and oxygen atoms in total. The summed E-state index contributed by atoms with van der Waals surface area (Å²) in [4.78, 5) is 27.3. The molecular weight excluding hydrogens is 464 g/mol. The lowest BCUT2D eigenvalue weighted by Crippen LogP contribution is -2.16. The number of thiophene rings is 2. The number of hydrogen-bond acceptors (Lipinski definition) is 8. The van der Waals surface area contributed by atoms with Crippen LogP contribution in [0.3, 0.4) is 0 Å². The molecule has 0 aromatic carbocycles. The summed E-state index contributed by atoms with van der Waals surface area (Å²) >= 11 is 4.45. The number of ether oxygens (including phenoxy) is 1. The number of aryl methyl sites for hydroxylation is 2. The van der Waals surface area contributed by atoms with E-state index in [1.165, 1.54) is 40.6 Å². The predicted octanol–water partition coefficient (Wildman–Crippen LogP) is 5.48. The molecule has 0 aliphatic carbocycles. The second-order valence-corrected chi connectivity index (χ2v) is 10.6. The molecule has 1 amide bonds. The number of carbonyl (C=O) groups excluding carboxylic acids is 2. The molecule has 0 radical (unpaired) electrons. The molecule has 0 bridgehead atoms. The summed E-state index contributed by atoms with van der Waals surface area (Å²) in [5.41, 5.74) is 3.67. The highest BCUT2D eigenvalue weighted by Gasteiger charge is 2.24. The lowest BCUT2D eigenvalue weighted by molar-refractivity contribution is -0.113. The number of anilines is 1. The van der Waals surface area contributed by atoms with Crippen molar-refractivity contribution < 1.29 is 14.3 Å². The van der Waals surface area contributed by atoms with Crippen molar-refractivity contribution in [1.82, 2.24) is 14.8 Å². The fourth-order valence-electron chi connectivity index (χ4n) is 3.46. The van der Waals surface area contributed by atoms with Crippen LogP contribution in [0.1, 0.15) is 51.5 Å². The van der Waals surface area contributed by atoms with Crippen molar-refractivity contribution in [1.29, 1.82) is 0 Å². The van der Waals surface area contributed by atoms with Gasteiger partial charge in [-0.2, -0.15) is 0 Å². The Morgan fingerprint density at radius 1 is 1.19 bits per heavy atom. The van der Waals surface area contributed by atoms with Gasteiger partial charge >= 0.3 is 5.97 Å². The topological polar surface area (TPSA) is 86.1 Å². The molecule has 10 heteroatoms. The Morgan fingerprint density at radius 2 is 1.94 bits per heavy atom. The lowest BCUT2D eigenvalue weighted by Gasteiger charge is -2.09. The van der Waals surface area contributed by atoms with Gasteiger partial charge in [-0.3, -0.25) is 4.79 Å². The summed E-state index contributed by atoms with van der Waals surface area (Å²) in [7, 11) is 1.35. The number of nitrogens with zero attached hydrogens (tertiary/aromatic N) is 3. The van der Waals surface area contributed by atoms with E-state index in [0.29, 0.717) is 22.1 Å². The molecule has 0 saturated carbocycles. The molecule has 3 aromatic rings. The van der Waals surface area contributed by atoms with Gasteiger partial charge in [0, 0.05) is 27.2 Å². The highest BCUT2D eigenvalue weighted by molar-refractivity contribution is 7.99. The molecule has 172 valence electrons. The van der Waals surface area contributed by atoms with E-state index in [4.69, 9.17) is 4.74 Å². The zero-order valence-corrected chi connectivity index (χ0v) is 21.6. The molecule has 0 aliphatic heterocycles. The second-order valence-electron chi connectivity index (χ2n) is 7.31. The molecule has 1 N–H and O–H groups in total. The van der Waals surface area contributed by atoms with Crippen LogP contribution in [-0.2, 0) is 22.5 Å². The summed E-state index contributed by atoms with van der Waals surface area (Å²) in [5, 5.41) is 15.0. The SMILES string of the molecule is CCCn1c(SCC(=O)Nc2sc(C)c(CC)c2C(=O)OC)nnc1-c1csc(C)c1C. The maximum atomic E-state index is 12.7. The van der Waals surface area contributed by atoms with Gasteiger partial charge in [0.2, 0.25) is 5.91 Å². The number of amides is 1. The minimum atomic E-state index is -0.428.